The Morgan fingerprint density at radius 2 is 1.86 bits per heavy atom. The summed E-state index contributed by atoms with van der Waals surface area (Å²) in [6.07, 6.45) is 7.67. The molecule has 0 aliphatic heterocycles. The van der Waals surface area contributed by atoms with Crippen molar-refractivity contribution in [1.29, 1.82) is 0 Å². The first kappa shape index (κ1) is 22.8. The molecule has 0 heterocycles. The highest BCUT2D eigenvalue weighted by Gasteiger charge is 2.61. The van der Waals surface area contributed by atoms with Crippen LogP contribution in [-0.2, 0) is 14.3 Å². The summed E-state index contributed by atoms with van der Waals surface area (Å²) in [7, 11) is 1.51. The zero-order valence-corrected chi connectivity index (χ0v) is 19.8. The van der Waals surface area contributed by atoms with E-state index in [1.54, 1.807) is 0 Å². The minimum absolute atomic E-state index is 0.0308. The Hall–Kier alpha value is -0.870. The number of carbonyl (C=O) groups excluding carboxylic acids is 1. The lowest BCUT2D eigenvalue weighted by molar-refractivity contribution is -0.178. The van der Waals surface area contributed by atoms with Crippen LogP contribution in [0.25, 0.3) is 0 Å². The average molecular weight is 407 g/mol. The van der Waals surface area contributed by atoms with E-state index in [1.165, 1.54) is 12.7 Å². The third kappa shape index (κ3) is 3.80. The largest absolute Gasteiger partial charge is 0.469 e. The van der Waals surface area contributed by atoms with Crippen molar-refractivity contribution in [3.63, 3.8) is 0 Å². The number of carbonyl (C=O) groups is 1. The molecule has 4 heteroatoms. The zero-order valence-electron chi connectivity index (χ0n) is 19.8. The van der Waals surface area contributed by atoms with Gasteiger partial charge in [0.05, 0.1) is 29.8 Å². The summed E-state index contributed by atoms with van der Waals surface area (Å²) in [4.78, 5) is 12.9. The summed E-state index contributed by atoms with van der Waals surface area (Å²) in [5.41, 5.74) is -0.223. The van der Waals surface area contributed by atoms with Gasteiger partial charge in [-0.2, -0.15) is 0 Å². The molecule has 3 aliphatic rings. The van der Waals surface area contributed by atoms with Gasteiger partial charge in [0.15, 0.2) is 0 Å². The summed E-state index contributed by atoms with van der Waals surface area (Å²) in [5, 5.41) is 11.3. The lowest BCUT2D eigenvalue weighted by Crippen LogP contribution is -2.58. The maximum absolute atomic E-state index is 12.9. The van der Waals surface area contributed by atoms with Gasteiger partial charge in [-0.3, -0.25) is 4.79 Å². The highest BCUT2D eigenvalue weighted by atomic mass is 16.5. The topological polar surface area (TPSA) is 55.8 Å². The average Bonchev–Trinajstić information content (AvgIpc) is 2.61. The van der Waals surface area contributed by atoms with Gasteiger partial charge in [0.2, 0.25) is 0 Å². The molecule has 3 aliphatic carbocycles. The van der Waals surface area contributed by atoms with Crippen LogP contribution in [-0.4, -0.2) is 35.5 Å². The van der Waals surface area contributed by atoms with Crippen molar-refractivity contribution in [3.8, 4) is 0 Å². The van der Waals surface area contributed by atoms with Crippen LogP contribution in [0.5, 0.6) is 0 Å². The molecule has 0 aromatic carbocycles. The quantitative estimate of drug-likeness (QED) is 0.511. The molecule has 166 valence electrons. The lowest BCUT2D eigenvalue weighted by atomic mass is 9.45. The maximum atomic E-state index is 12.9. The molecule has 2 fully saturated rings. The van der Waals surface area contributed by atoms with E-state index >= 15 is 0 Å². The Morgan fingerprint density at radius 1 is 1.21 bits per heavy atom. The highest BCUT2D eigenvalue weighted by Crippen LogP contribution is 2.64. The molecule has 6 atom stereocenters. The molecule has 0 unspecified atom stereocenters. The molecule has 0 aromatic rings. The van der Waals surface area contributed by atoms with E-state index < -0.39 is 11.0 Å². The molecule has 0 amide bonds. The molecule has 2 saturated carbocycles. The Balaban J connectivity index is 2.10. The minimum Gasteiger partial charge on any atom is -0.469 e. The van der Waals surface area contributed by atoms with E-state index in [4.69, 9.17) is 9.47 Å². The normalized spacial score (nSPS) is 42.7. The molecule has 3 rings (SSSR count). The summed E-state index contributed by atoms with van der Waals surface area (Å²) >= 11 is 0. The Bertz CT molecular complexity index is 675. The van der Waals surface area contributed by atoms with Crippen LogP contribution in [0.4, 0.5) is 0 Å². The fourth-order valence-electron chi connectivity index (χ4n) is 6.72. The van der Waals surface area contributed by atoms with Crippen molar-refractivity contribution in [3.05, 3.63) is 11.6 Å². The number of ether oxygens (including phenoxy) is 2. The van der Waals surface area contributed by atoms with Crippen LogP contribution in [0.15, 0.2) is 11.6 Å². The fourth-order valence-corrected chi connectivity index (χ4v) is 6.72. The van der Waals surface area contributed by atoms with Gasteiger partial charge in [-0.05, 0) is 88.5 Å². The zero-order chi connectivity index (χ0) is 21.8. The van der Waals surface area contributed by atoms with Gasteiger partial charge in [-0.1, -0.05) is 33.3 Å². The van der Waals surface area contributed by atoms with E-state index in [2.05, 4.69) is 54.5 Å². The highest BCUT2D eigenvalue weighted by molar-refractivity contribution is 5.77. The van der Waals surface area contributed by atoms with Gasteiger partial charge in [-0.15, -0.1) is 0 Å². The third-order valence-corrected chi connectivity index (χ3v) is 8.39. The van der Waals surface area contributed by atoms with Crippen molar-refractivity contribution in [2.45, 2.75) is 104 Å². The maximum Gasteiger partial charge on any atom is 0.311 e. The van der Waals surface area contributed by atoms with Crippen molar-refractivity contribution < 1.29 is 19.4 Å². The van der Waals surface area contributed by atoms with Crippen molar-refractivity contribution in [2.24, 2.45) is 28.6 Å². The molecular weight excluding hydrogens is 364 g/mol. The van der Waals surface area contributed by atoms with Gasteiger partial charge in [-0.25, -0.2) is 0 Å². The molecule has 0 bridgehead atoms. The predicted molar refractivity (Wildman–Crippen MR) is 115 cm³/mol. The van der Waals surface area contributed by atoms with Crippen LogP contribution < -0.4 is 0 Å². The van der Waals surface area contributed by atoms with Gasteiger partial charge in [0, 0.05) is 0 Å². The van der Waals surface area contributed by atoms with Crippen molar-refractivity contribution in [1.82, 2.24) is 0 Å². The van der Waals surface area contributed by atoms with E-state index in [1.807, 2.05) is 0 Å². The number of hydrogen-bond acceptors (Lipinski definition) is 4. The van der Waals surface area contributed by atoms with Crippen molar-refractivity contribution in [2.75, 3.05) is 7.11 Å². The standard InChI is InChI=1S/C25H42O4/c1-16(2)25(27)13-10-18-17(15-25)19(29-22(3,4)5)14-20-23(18,6)11-9-12-24(20,7)21(26)28-8/h15-16,18-20,27H,9-14H2,1-8H3/t18-,19+,20+,23+,24+,25+/m0/s1. The fraction of sp³-hybridized carbons (Fsp3) is 0.880. The smallest absolute Gasteiger partial charge is 0.311 e. The second-order valence-corrected chi connectivity index (χ2v) is 11.7. The van der Waals surface area contributed by atoms with Crippen LogP contribution in [0, 0.1) is 28.6 Å². The Morgan fingerprint density at radius 3 is 2.41 bits per heavy atom. The summed E-state index contributed by atoms with van der Waals surface area (Å²) in [6.45, 7) is 15.0. The molecule has 0 spiro atoms. The number of fused-ring (bicyclic) bond motifs is 3. The van der Waals surface area contributed by atoms with Gasteiger partial charge < -0.3 is 14.6 Å². The van der Waals surface area contributed by atoms with Crippen LogP contribution in [0.3, 0.4) is 0 Å². The lowest BCUT2D eigenvalue weighted by Gasteiger charge is -2.61. The molecule has 0 aromatic heterocycles. The first-order valence-electron chi connectivity index (χ1n) is 11.5. The summed E-state index contributed by atoms with van der Waals surface area (Å²) in [5.74, 6) is 0.654. The van der Waals surface area contributed by atoms with Gasteiger partial charge in [0.1, 0.15) is 0 Å². The third-order valence-electron chi connectivity index (χ3n) is 8.39. The minimum atomic E-state index is -0.769. The van der Waals surface area contributed by atoms with Crippen molar-refractivity contribution >= 4 is 5.97 Å². The Kier molecular flexibility index (Phi) is 5.80. The van der Waals surface area contributed by atoms with E-state index in [0.717, 1.165) is 38.5 Å². The number of methoxy groups -OCH3 is 1. The van der Waals surface area contributed by atoms with Gasteiger partial charge in [0.25, 0.3) is 0 Å². The molecule has 29 heavy (non-hydrogen) atoms. The Labute approximate surface area is 177 Å². The monoisotopic (exact) mass is 406 g/mol. The van der Waals surface area contributed by atoms with E-state index in [-0.39, 0.29) is 34.9 Å². The number of hydrogen-bond donors (Lipinski definition) is 1. The predicted octanol–water partition coefficient (Wildman–Crippen LogP) is 5.28. The first-order valence-corrected chi connectivity index (χ1v) is 11.5. The molecular formula is C25H42O4. The SMILES string of the molecule is COC(=O)[C@]1(C)CCC[C@@]2(C)[C@H]1C[C@@H](OC(C)(C)C)C1=C[C@@](O)(C(C)C)CC[C@@H]12. The number of rotatable bonds is 3. The molecule has 4 nitrogen and oxygen atoms in total. The number of aliphatic hydroxyl groups is 1. The van der Waals surface area contributed by atoms with Crippen LogP contribution in [0.2, 0.25) is 0 Å². The second-order valence-electron chi connectivity index (χ2n) is 11.7. The molecule has 1 N–H and O–H groups in total. The summed E-state index contributed by atoms with van der Waals surface area (Å²) in [6, 6.07) is 0. The summed E-state index contributed by atoms with van der Waals surface area (Å²) < 4.78 is 11.9. The second kappa shape index (κ2) is 7.37. The van der Waals surface area contributed by atoms with Crippen LogP contribution >= 0.6 is 0 Å². The molecule has 0 saturated heterocycles. The molecule has 0 radical (unpaired) electrons. The van der Waals surface area contributed by atoms with Gasteiger partial charge >= 0.3 is 5.97 Å². The number of esters is 1. The first-order chi connectivity index (χ1) is 13.3. The van der Waals surface area contributed by atoms with E-state index in [9.17, 15) is 9.90 Å². The van der Waals surface area contributed by atoms with E-state index in [0.29, 0.717) is 5.92 Å². The van der Waals surface area contributed by atoms with Crippen LogP contribution in [0.1, 0.15) is 87.0 Å².